The van der Waals surface area contributed by atoms with Crippen molar-refractivity contribution in [3.8, 4) is 0 Å². The van der Waals surface area contributed by atoms with Crippen molar-refractivity contribution in [3.63, 3.8) is 0 Å². The van der Waals surface area contributed by atoms with Crippen LogP contribution in [-0.4, -0.2) is 52.9 Å². The molecule has 1 saturated carbocycles. The van der Waals surface area contributed by atoms with Gasteiger partial charge in [-0.25, -0.2) is 0 Å². The Labute approximate surface area is 176 Å². The van der Waals surface area contributed by atoms with Crippen LogP contribution in [0.2, 0.25) is 0 Å². The first-order valence-corrected chi connectivity index (χ1v) is 10.8. The second-order valence-corrected chi connectivity index (χ2v) is 8.68. The van der Waals surface area contributed by atoms with E-state index in [2.05, 4.69) is 27.3 Å². The zero-order valence-corrected chi connectivity index (χ0v) is 17.7. The van der Waals surface area contributed by atoms with E-state index in [1.807, 2.05) is 25.4 Å². The lowest BCUT2D eigenvalue weighted by Gasteiger charge is -2.29. The minimum Gasteiger partial charge on any atom is -0.353 e. The van der Waals surface area contributed by atoms with Gasteiger partial charge < -0.3 is 20.1 Å². The molecule has 160 valence electrons. The highest BCUT2D eigenvalue weighted by Gasteiger charge is 2.33. The van der Waals surface area contributed by atoms with Gasteiger partial charge >= 0.3 is 0 Å². The van der Waals surface area contributed by atoms with E-state index in [0.29, 0.717) is 19.4 Å². The van der Waals surface area contributed by atoms with Gasteiger partial charge in [0, 0.05) is 49.7 Å². The molecule has 30 heavy (non-hydrogen) atoms. The molecule has 0 spiro atoms. The fraction of sp³-hybridized carbons (Fsp3) is 0.522. The summed E-state index contributed by atoms with van der Waals surface area (Å²) in [5.41, 5.74) is 2.16. The molecule has 1 saturated heterocycles. The Morgan fingerprint density at radius 2 is 1.77 bits per heavy atom. The van der Waals surface area contributed by atoms with E-state index in [1.165, 1.54) is 0 Å². The van der Waals surface area contributed by atoms with Crippen LogP contribution in [0.3, 0.4) is 0 Å². The van der Waals surface area contributed by atoms with Crippen molar-refractivity contribution in [1.29, 1.82) is 0 Å². The summed E-state index contributed by atoms with van der Waals surface area (Å²) in [5.74, 6) is -0.0734. The van der Waals surface area contributed by atoms with Gasteiger partial charge in [0.15, 0.2) is 0 Å². The minimum atomic E-state index is -0.374. The van der Waals surface area contributed by atoms with Gasteiger partial charge in [0.2, 0.25) is 17.7 Å². The average Bonchev–Trinajstić information content (AvgIpc) is 3.22. The molecule has 0 bridgehead atoms. The van der Waals surface area contributed by atoms with E-state index in [-0.39, 0.29) is 35.7 Å². The third-order valence-corrected chi connectivity index (χ3v) is 6.54. The van der Waals surface area contributed by atoms with Gasteiger partial charge in [-0.05, 0) is 43.7 Å². The molecule has 2 fully saturated rings. The maximum Gasteiger partial charge on any atom is 0.244 e. The van der Waals surface area contributed by atoms with Crippen LogP contribution in [-0.2, 0) is 27.9 Å². The first kappa shape index (κ1) is 20.4. The van der Waals surface area contributed by atoms with Crippen LogP contribution in [0.5, 0.6) is 0 Å². The molecule has 4 rings (SSSR count). The number of nitrogens with one attached hydrogen (secondary N) is 2. The fourth-order valence-electron chi connectivity index (χ4n) is 4.76. The number of carbonyl (C=O) groups excluding carboxylic acids is 3. The topological polar surface area (TPSA) is 83.4 Å². The van der Waals surface area contributed by atoms with Gasteiger partial charge in [-0.15, -0.1) is 0 Å². The lowest BCUT2D eigenvalue weighted by Crippen LogP contribution is -2.45. The first-order valence-electron chi connectivity index (χ1n) is 10.8. The molecule has 1 aliphatic heterocycles. The number of benzene rings is 1. The lowest BCUT2D eigenvalue weighted by atomic mass is 9.85. The molecule has 2 N–H and O–H groups in total. The van der Waals surface area contributed by atoms with Crippen LogP contribution < -0.4 is 10.6 Å². The number of aromatic nitrogens is 1. The second-order valence-electron chi connectivity index (χ2n) is 8.68. The molecule has 7 nitrogen and oxygen atoms in total. The number of hydrogen-bond donors (Lipinski definition) is 2. The van der Waals surface area contributed by atoms with Gasteiger partial charge in [0.25, 0.3) is 0 Å². The number of para-hydroxylation sites is 1. The molecule has 2 heterocycles. The van der Waals surface area contributed by atoms with E-state index in [4.69, 9.17) is 0 Å². The summed E-state index contributed by atoms with van der Waals surface area (Å²) in [6.07, 6.45) is 6.12. The van der Waals surface area contributed by atoms with Crippen LogP contribution in [0.25, 0.3) is 10.9 Å². The molecular weight excluding hydrogens is 380 g/mol. The number of nitrogens with zero attached hydrogens (tertiary/aromatic N) is 2. The quantitative estimate of drug-likeness (QED) is 0.788. The molecule has 1 aliphatic carbocycles. The van der Waals surface area contributed by atoms with Gasteiger partial charge in [-0.3, -0.25) is 14.4 Å². The predicted octanol–water partition coefficient (Wildman–Crippen LogP) is 1.74. The largest absolute Gasteiger partial charge is 0.353 e. The van der Waals surface area contributed by atoms with Gasteiger partial charge in [0.05, 0.1) is 6.42 Å². The Morgan fingerprint density at radius 3 is 2.47 bits per heavy atom. The third-order valence-electron chi connectivity index (χ3n) is 6.54. The molecule has 7 heteroatoms. The smallest absolute Gasteiger partial charge is 0.244 e. The maximum atomic E-state index is 12.6. The summed E-state index contributed by atoms with van der Waals surface area (Å²) in [5, 5.41) is 7.18. The maximum absolute atomic E-state index is 12.6. The SMILES string of the molecule is CN1CCC(NC(=O)C2CCC(NC(=O)Cc3cn(C)c4ccccc34)CC2)C1=O. The predicted molar refractivity (Wildman–Crippen MR) is 115 cm³/mol. The van der Waals surface area contributed by atoms with Crippen LogP contribution in [0.1, 0.15) is 37.7 Å². The number of likely N-dealkylation sites (tertiary alicyclic amines) is 1. The molecule has 1 aromatic heterocycles. The summed E-state index contributed by atoms with van der Waals surface area (Å²) in [6, 6.07) is 7.83. The van der Waals surface area contributed by atoms with Crippen LogP contribution in [0.15, 0.2) is 30.5 Å². The number of aryl methyl sites for hydroxylation is 1. The average molecular weight is 411 g/mol. The number of carbonyl (C=O) groups is 3. The summed E-state index contributed by atoms with van der Waals surface area (Å²) >= 11 is 0. The summed E-state index contributed by atoms with van der Waals surface area (Å²) in [7, 11) is 3.76. The second kappa shape index (κ2) is 8.50. The van der Waals surface area contributed by atoms with Crippen molar-refractivity contribution in [2.45, 2.75) is 50.6 Å². The standard InChI is InChI=1S/C23H30N4O3/c1-26-12-11-19(23(26)30)25-22(29)15-7-9-17(10-8-15)24-21(28)13-16-14-27(2)20-6-4-3-5-18(16)20/h3-6,14-15,17,19H,7-13H2,1-2H3,(H,24,28)(H,25,29). The normalized spacial score (nSPS) is 24.3. The van der Waals surface area contributed by atoms with Crippen LogP contribution in [0.4, 0.5) is 0 Å². The summed E-state index contributed by atoms with van der Waals surface area (Å²) in [4.78, 5) is 38.8. The highest BCUT2D eigenvalue weighted by atomic mass is 16.2. The van der Waals surface area contributed by atoms with E-state index >= 15 is 0 Å². The number of fused-ring (bicyclic) bond motifs is 1. The van der Waals surface area contributed by atoms with Gasteiger partial charge in [-0.1, -0.05) is 18.2 Å². The number of likely N-dealkylation sites (N-methyl/N-ethyl adjacent to an activating group) is 1. The van der Waals surface area contributed by atoms with E-state index in [9.17, 15) is 14.4 Å². The van der Waals surface area contributed by atoms with E-state index in [1.54, 1.807) is 11.9 Å². The number of rotatable bonds is 5. The summed E-state index contributed by atoms with van der Waals surface area (Å²) in [6.45, 7) is 0.694. The van der Waals surface area contributed by atoms with Crippen molar-refractivity contribution in [1.82, 2.24) is 20.1 Å². The molecule has 3 amide bonds. The van der Waals surface area contributed by atoms with E-state index < -0.39 is 0 Å². The van der Waals surface area contributed by atoms with Gasteiger partial charge in [-0.2, -0.15) is 0 Å². The van der Waals surface area contributed by atoms with Gasteiger partial charge in [0.1, 0.15) is 6.04 Å². The first-order chi connectivity index (χ1) is 14.4. The minimum absolute atomic E-state index is 0.00210. The lowest BCUT2D eigenvalue weighted by molar-refractivity contribution is -0.133. The molecule has 1 aromatic carbocycles. The molecule has 2 aromatic rings. The van der Waals surface area contributed by atoms with Crippen molar-refractivity contribution < 1.29 is 14.4 Å². The number of hydrogen-bond acceptors (Lipinski definition) is 3. The molecule has 1 atom stereocenters. The van der Waals surface area contributed by atoms with Crippen LogP contribution in [0, 0.1) is 5.92 Å². The van der Waals surface area contributed by atoms with Crippen molar-refractivity contribution in [3.05, 3.63) is 36.0 Å². The van der Waals surface area contributed by atoms with Crippen molar-refractivity contribution in [2.24, 2.45) is 13.0 Å². The molecule has 1 unspecified atom stereocenters. The van der Waals surface area contributed by atoms with E-state index in [0.717, 1.165) is 42.1 Å². The number of amides is 3. The Bertz CT molecular complexity index is 959. The van der Waals surface area contributed by atoms with Crippen LogP contribution >= 0.6 is 0 Å². The molecular formula is C23H30N4O3. The Morgan fingerprint density at radius 1 is 1.03 bits per heavy atom. The Kier molecular flexibility index (Phi) is 5.79. The molecule has 0 radical (unpaired) electrons. The highest BCUT2D eigenvalue weighted by molar-refractivity contribution is 5.90. The third kappa shape index (κ3) is 4.20. The Balaban J connectivity index is 1.26. The Hall–Kier alpha value is -2.83. The fourth-order valence-corrected chi connectivity index (χ4v) is 4.76. The molecule has 2 aliphatic rings. The monoisotopic (exact) mass is 410 g/mol. The van der Waals surface area contributed by atoms with Crippen molar-refractivity contribution >= 4 is 28.6 Å². The van der Waals surface area contributed by atoms with Crippen molar-refractivity contribution in [2.75, 3.05) is 13.6 Å². The zero-order valence-electron chi connectivity index (χ0n) is 17.7. The zero-order chi connectivity index (χ0) is 21.3. The summed E-state index contributed by atoms with van der Waals surface area (Å²) < 4.78 is 2.05. The highest BCUT2D eigenvalue weighted by Crippen LogP contribution is 2.26.